The van der Waals surface area contributed by atoms with Gasteiger partial charge in [0.05, 0.1) is 17.8 Å². The lowest BCUT2D eigenvalue weighted by Crippen LogP contribution is -2.28. The second kappa shape index (κ2) is 5.90. The van der Waals surface area contributed by atoms with E-state index in [9.17, 15) is 4.79 Å². The molecule has 2 heterocycles. The van der Waals surface area contributed by atoms with Gasteiger partial charge in [-0.2, -0.15) is 5.10 Å². The summed E-state index contributed by atoms with van der Waals surface area (Å²) < 4.78 is 1.77. The molecule has 2 aromatic rings. The van der Waals surface area contributed by atoms with Crippen molar-refractivity contribution < 1.29 is 4.79 Å². The Kier molecular flexibility index (Phi) is 4.22. The molecule has 2 rings (SSSR count). The predicted octanol–water partition coefficient (Wildman–Crippen LogP) is 2.38. The van der Waals surface area contributed by atoms with E-state index in [1.54, 1.807) is 23.3 Å². The predicted molar refractivity (Wildman–Crippen MR) is 76.4 cm³/mol. The van der Waals surface area contributed by atoms with Crippen LogP contribution in [0.15, 0.2) is 18.6 Å². The first-order valence-electron chi connectivity index (χ1n) is 6.87. The van der Waals surface area contributed by atoms with Crippen LogP contribution in [-0.4, -0.2) is 25.7 Å². The van der Waals surface area contributed by atoms with Crippen LogP contribution in [0.5, 0.6) is 0 Å². The maximum atomic E-state index is 12.2. The van der Waals surface area contributed by atoms with Crippen LogP contribution >= 0.6 is 0 Å². The third-order valence-corrected chi connectivity index (χ3v) is 3.16. The molecule has 20 heavy (non-hydrogen) atoms. The minimum absolute atomic E-state index is 0.112. The van der Waals surface area contributed by atoms with Gasteiger partial charge >= 0.3 is 0 Å². The summed E-state index contributed by atoms with van der Waals surface area (Å²) in [7, 11) is 0. The molecule has 0 radical (unpaired) electrons. The van der Waals surface area contributed by atoms with Gasteiger partial charge in [-0.25, -0.2) is 4.98 Å². The third kappa shape index (κ3) is 3.07. The van der Waals surface area contributed by atoms with E-state index in [1.807, 2.05) is 27.7 Å². The van der Waals surface area contributed by atoms with E-state index < -0.39 is 0 Å². The first-order valence-corrected chi connectivity index (χ1v) is 6.87. The minimum Gasteiger partial charge on any atom is -0.344 e. The van der Waals surface area contributed by atoms with Gasteiger partial charge in [0.2, 0.25) is 0 Å². The van der Waals surface area contributed by atoms with Crippen molar-refractivity contribution >= 4 is 5.91 Å². The zero-order valence-electron chi connectivity index (χ0n) is 12.3. The first-order chi connectivity index (χ1) is 9.51. The lowest BCUT2D eigenvalue weighted by molar-refractivity contribution is 0.0933. The topological polar surface area (TPSA) is 75.6 Å². The van der Waals surface area contributed by atoms with E-state index >= 15 is 0 Å². The van der Waals surface area contributed by atoms with Crippen LogP contribution in [0.4, 0.5) is 0 Å². The summed E-state index contributed by atoms with van der Waals surface area (Å²) in [5.74, 6) is 0.660. The Bertz CT molecular complexity index is 584. The second-order valence-corrected chi connectivity index (χ2v) is 5.19. The molecule has 0 aliphatic heterocycles. The van der Waals surface area contributed by atoms with Crippen molar-refractivity contribution in [1.29, 1.82) is 0 Å². The molecule has 6 heteroatoms. The molecule has 0 fully saturated rings. The number of aromatic nitrogens is 4. The number of nitrogens with one attached hydrogen (secondary N) is 2. The first kappa shape index (κ1) is 14.3. The van der Waals surface area contributed by atoms with Crippen LogP contribution in [0.25, 0.3) is 0 Å². The van der Waals surface area contributed by atoms with Gasteiger partial charge in [-0.15, -0.1) is 0 Å². The highest BCUT2D eigenvalue weighted by atomic mass is 16.1. The van der Waals surface area contributed by atoms with Crippen molar-refractivity contribution in [2.45, 2.75) is 46.2 Å². The van der Waals surface area contributed by atoms with Gasteiger partial charge in [-0.3, -0.25) is 9.48 Å². The smallest absolute Gasteiger partial charge is 0.255 e. The van der Waals surface area contributed by atoms with Gasteiger partial charge in [0.1, 0.15) is 5.82 Å². The maximum Gasteiger partial charge on any atom is 0.255 e. The van der Waals surface area contributed by atoms with E-state index in [2.05, 4.69) is 20.4 Å². The number of aromatic amines is 1. The van der Waals surface area contributed by atoms with Crippen LogP contribution < -0.4 is 5.32 Å². The fraction of sp³-hybridized carbons (Fsp3) is 0.500. The number of aryl methyl sites for hydroxylation is 1. The molecular weight excluding hydrogens is 254 g/mol. The van der Waals surface area contributed by atoms with Gasteiger partial charge in [-0.05, 0) is 27.2 Å². The number of carbonyl (C=O) groups excluding carboxylic acids is 1. The summed E-state index contributed by atoms with van der Waals surface area (Å²) in [6.45, 7) is 8.00. The fourth-order valence-electron chi connectivity index (χ4n) is 1.95. The van der Waals surface area contributed by atoms with Gasteiger partial charge in [0.15, 0.2) is 0 Å². The molecule has 0 aromatic carbocycles. The van der Waals surface area contributed by atoms with Gasteiger partial charge in [-0.1, -0.05) is 6.92 Å². The van der Waals surface area contributed by atoms with Crippen LogP contribution in [0.1, 0.15) is 61.2 Å². The zero-order chi connectivity index (χ0) is 14.7. The van der Waals surface area contributed by atoms with Gasteiger partial charge < -0.3 is 10.3 Å². The number of hydrogen-bond acceptors (Lipinski definition) is 3. The number of hydrogen-bond donors (Lipinski definition) is 2. The Morgan fingerprint density at radius 1 is 1.45 bits per heavy atom. The van der Waals surface area contributed by atoms with Crippen molar-refractivity contribution in [3.05, 3.63) is 35.7 Å². The van der Waals surface area contributed by atoms with E-state index in [0.717, 1.165) is 17.9 Å². The van der Waals surface area contributed by atoms with Crippen molar-refractivity contribution in [3.8, 4) is 0 Å². The highest BCUT2D eigenvalue weighted by molar-refractivity contribution is 5.93. The molecule has 6 nitrogen and oxygen atoms in total. The maximum absolute atomic E-state index is 12.2. The Morgan fingerprint density at radius 2 is 2.20 bits per heavy atom. The summed E-state index contributed by atoms with van der Waals surface area (Å²) in [6, 6.07) is 0.129. The number of H-pyrrole nitrogens is 1. The van der Waals surface area contributed by atoms with Gasteiger partial charge in [0.25, 0.3) is 5.91 Å². The fourth-order valence-corrected chi connectivity index (χ4v) is 1.95. The zero-order valence-corrected chi connectivity index (χ0v) is 12.3. The highest BCUT2D eigenvalue weighted by Crippen LogP contribution is 2.14. The molecule has 108 valence electrons. The molecule has 2 aromatic heterocycles. The molecule has 0 saturated carbocycles. The Hall–Kier alpha value is -2.11. The second-order valence-electron chi connectivity index (χ2n) is 5.19. The summed E-state index contributed by atoms with van der Waals surface area (Å²) in [5, 5.41) is 7.16. The normalized spacial score (nSPS) is 12.7. The van der Waals surface area contributed by atoms with Crippen molar-refractivity contribution in [2.24, 2.45) is 0 Å². The van der Waals surface area contributed by atoms with Crippen LogP contribution in [0.2, 0.25) is 0 Å². The number of carbonyl (C=O) groups is 1. The summed E-state index contributed by atoms with van der Waals surface area (Å²) in [4.78, 5) is 19.7. The lowest BCUT2D eigenvalue weighted by atomic mass is 10.2. The lowest BCUT2D eigenvalue weighted by Gasteiger charge is -2.14. The minimum atomic E-state index is -0.127. The number of amides is 1. The van der Waals surface area contributed by atoms with Crippen molar-refractivity contribution in [3.63, 3.8) is 0 Å². The van der Waals surface area contributed by atoms with Crippen LogP contribution in [0, 0.1) is 6.92 Å². The molecule has 0 aliphatic carbocycles. The van der Waals surface area contributed by atoms with Crippen LogP contribution in [0.3, 0.4) is 0 Å². The standard InChI is InChI=1S/C14H21N5O/c1-5-12(13-15-6-10(4)17-13)18-14(20)11-7-16-19(8-11)9(2)3/h6-9,12H,5H2,1-4H3,(H,15,17)(H,18,20). The summed E-state index contributed by atoms with van der Waals surface area (Å²) in [6.07, 6.45) is 5.90. The largest absolute Gasteiger partial charge is 0.344 e. The quantitative estimate of drug-likeness (QED) is 0.879. The van der Waals surface area contributed by atoms with E-state index in [1.165, 1.54) is 0 Å². The Labute approximate surface area is 118 Å². The highest BCUT2D eigenvalue weighted by Gasteiger charge is 2.17. The molecule has 0 spiro atoms. The number of nitrogens with zero attached hydrogens (tertiary/aromatic N) is 3. The third-order valence-electron chi connectivity index (χ3n) is 3.16. The van der Waals surface area contributed by atoms with Crippen molar-refractivity contribution in [1.82, 2.24) is 25.1 Å². The van der Waals surface area contributed by atoms with Crippen LogP contribution in [-0.2, 0) is 0 Å². The average molecular weight is 275 g/mol. The molecule has 2 N–H and O–H groups in total. The van der Waals surface area contributed by atoms with E-state index in [4.69, 9.17) is 0 Å². The number of imidazole rings is 1. The van der Waals surface area contributed by atoms with Crippen molar-refractivity contribution in [2.75, 3.05) is 0 Å². The number of rotatable bonds is 5. The van der Waals surface area contributed by atoms with E-state index in [0.29, 0.717) is 5.56 Å². The summed E-state index contributed by atoms with van der Waals surface area (Å²) >= 11 is 0. The molecule has 0 saturated heterocycles. The molecule has 0 bridgehead atoms. The Morgan fingerprint density at radius 3 is 2.70 bits per heavy atom. The average Bonchev–Trinajstić information content (AvgIpc) is 3.04. The summed E-state index contributed by atoms with van der Waals surface area (Å²) in [5.41, 5.74) is 1.56. The monoisotopic (exact) mass is 275 g/mol. The van der Waals surface area contributed by atoms with E-state index in [-0.39, 0.29) is 18.0 Å². The SMILES string of the molecule is CCC(NC(=O)c1cnn(C(C)C)c1)c1ncc(C)[nH]1. The molecule has 0 aliphatic rings. The molecule has 1 unspecified atom stereocenters. The molecule has 1 amide bonds. The molecule has 1 atom stereocenters. The van der Waals surface area contributed by atoms with Gasteiger partial charge in [0, 0.05) is 24.1 Å². The Balaban J connectivity index is 2.08. The molecular formula is C14H21N5O.